The summed E-state index contributed by atoms with van der Waals surface area (Å²) in [6.45, 7) is 2.20. The van der Waals surface area contributed by atoms with Gasteiger partial charge in [0.25, 0.3) is 0 Å². The van der Waals surface area contributed by atoms with Gasteiger partial charge in [-0.1, -0.05) is 29.3 Å². The Kier molecular flexibility index (Phi) is 5.74. The van der Waals surface area contributed by atoms with Crippen molar-refractivity contribution in [2.45, 2.75) is 30.7 Å². The highest BCUT2D eigenvalue weighted by Crippen LogP contribution is 2.31. The molecule has 0 radical (unpaired) electrons. The summed E-state index contributed by atoms with van der Waals surface area (Å²) in [4.78, 5) is 13.0. The molecule has 1 fully saturated rings. The molecule has 1 unspecified atom stereocenters. The van der Waals surface area contributed by atoms with E-state index in [1.54, 1.807) is 42.5 Å². The van der Waals surface area contributed by atoms with Crippen LogP contribution in [0.3, 0.4) is 0 Å². The molecular formula is C19H21ClN2O4S. The van der Waals surface area contributed by atoms with E-state index >= 15 is 0 Å². The molecule has 1 heterocycles. The number of anilines is 1. The van der Waals surface area contributed by atoms with Gasteiger partial charge in [0.15, 0.2) is 0 Å². The van der Waals surface area contributed by atoms with Gasteiger partial charge in [0, 0.05) is 11.6 Å². The molecule has 144 valence electrons. The lowest BCUT2D eigenvalue weighted by molar-refractivity contribution is -0.119. The summed E-state index contributed by atoms with van der Waals surface area (Å²) < 4.78 is 32.5. The van der Waals surface area contributed by atoms with Gasteiger partial charge in [0.1, 0.15) is 11.8 Å². The summed E-state index contributed by atoms with van der Waals surface area (Å²) in [5.74, 6) is 0.0578. The second kappa shape index (κ2) is 7.88. The number of carbonyl (C=O) groups is 1. The van der Waals surface area contributed by atoms with Crippen LogP contribution in [0.25, 0.3) is 0 Å². The van der Waals surface area contributed by atoms with E-state index < -0.39 is 22.0 Å². The van der Waals surface area contributed by atoms with Gasteiger partial charge in [0.05, 0.1) is 17.7 Å². The quantitative estimate of drug-likeness (QED) is 0.822. The number of ether oxygens (including phenoxy) is 1. The number of amides is 1. The monoisotopic (exact) mass is 408 g/mol. The third-order valence-electron chi connectivity index (χ3n) is 4.55. The first kappa shape index (κ1) is 19.7. The van der Waals surface area contributed by atoms with E-state index in [1.807, 2.05) is 6.92 Å². The van der Waals surface area contributed by atoms with E-state index in [2.05, 4.69) is 5.32 Å². The fourth-order valence-corrected chi connectivity index (χ4v) is 4.96. The molecule has 27 heavy (non-hydrogen) atoms. The third kappa shape index (κ3) is 4.10. The summed E-state index contributed by atoms with van der Waals surface area (Å²) in [7, 11) is -2.26. The number of carbonyl (C=O) groups excluding carboxylic acids is 1. The average molecular weight is 409 g/mol. The third-order valence-corrected chi connectivity index (χ3v) is 6.71. The van der Waals surface area contributed by atoms with Crippen LogP contribution >= 0.6 is 11.6 Å². The Morgan fingerprint density at radius 2 is 1.93 bits per heavy atom. The predicted octanol–water partition coefficient (Wildman–Crippen LogP) is 3.45. The zero-order valence-corrected chi connectivity index (χ0v) is 16.7. The fraction of sp³-hybridized carbons (Fsp3) is 0.316. The lowest BCUT2D eigenvalue weighted by atomic mass is 10.2. The van der Waals surface area contributed by atoms with E-state index in [0.717, 1.165) is 5.56 Å². The molecule has 0 spiro atoms. The van der Waals surface area contributed by atoms with Gasteiger partial charge in [-0.2, -0.15) is 4.31 Å². The Morgan fingerprint density at radius 3 is 2.59 bits per heavy atom. The minimum Gasteiger partial charge on any atom is -0.495 e. The van der Waals surface area contributed by atoms with Crippen molar-refractivity contribution in [2.75, 3.05) is 19.0 Å². The number of nitrogens with one attached hydrogen (secondary N) is 1. The molecule has 0 aliphatic carbocycles. The van der Waals surface area contributed by atoms with Gasteiger partial charge >= 0.3 is 0 Å². The molecule has 0 bridgehead atoms. The van der Waals surface area contributed by atoms with Crippen molar-refractivity contribution >= 4 is 33.2 Å². The van der Waals surface area contributed by atoms with Crippen molar-refractivity contribution in [3.05, 3.63) is 53.1 Å². The SMILES string of the molecule is COc1ccc(Cl)cc1NC(=O)C1CCCN1S(=O)(=O)c1ccc(C)cc1. The van der Waals surface area contributed by atoms with Crippen LogP contribution in [0.4, 0.5) is 5.69 Å². The first-order valence-corrected chi connectivity index (χ1v) is 10.4. The summed E-state index contributed by atoms with van der Waals surface area (Å²) in [5, 5.41) is 3.20. The second-order valence-electron chi connectivity index (χ2n) is 6.42. The minimum atomic E-state index is -3.75. The van der Waals surface area contributed by atoms with Crippen LogP contribution in [0.1, 0.15) is 18.4 Å². The minimum absolute atomic E-state index is 0.188. The highest BCUT2D eigenvalue weighted by Gasteiger charge is 2.39. The number of rotatable bonds is 5. The predicted molar refractivity (Wildman–Crippen MR) is 105 cm³/mol. The number of hydrogen-bond acceptors (Lipinski definition) is 4. The van der Waals surface area contributed by atoms with Crippen LogP contribution in [0.2, 0.25) is 5.02 Å². The summed E-state index contributed by atoms with van der Waals surface area (Å²) in [5.41, 5.74) is 1.38. The Morgan fingerprint density at radius 1 is 1.22 bits per heavy atom. The van der Waals surface area contributed by atoms with Crippen molar-refractivity contribution in [2.24, 2.45) is 0 Å². The number of sulfonamides is 1. The van der Waals surface area contributed by atoms with Crippen LogP contribution in [0, 0.1) is 6.92 Å². The largest absolute Gasteiger partial charge is 0.495 e. The van der Waals surface area contributed by atoms with Crippen molar-refractivity contribution in [3.63, 3.8) is 0 Å². The Labute approximate surface area is 164 Å². The topological polar surface area (TPSA) is 75.7 Å². The molecule has 2 aromatic rings. The Balaban J connectivity index is 1.85. The van der Waals surface area contributed by atoms with Crippen LogP contribution in [-0.2, 0) is 14.8 Å². The molecule has 1 saturated heterocycles. The maximum Gasteiger partial charge on any atom is 0.243 e. The number of methoxy groups -OCH3 is 1. The first-order valence-electron chi connectivity index (χ1n) is 8.56. The summed E-state index contributed by atoms with van der Waals surface area (Å²) >= 11 is 6.00. The number of benzene rings is 2. The fourth-order valence-electron chi connectivity index (χ4n) is 3.13. The van der Waals surface area contributed by atoms with Crippen LogP contribution in [-0.4, -0.2) is 38.3 Å². The van der Waals surface area contributed by atoms with Crippen molar-refractivity contribution in [1.29, 1.82) is 0 Å². The maximum atomic E-state index is 13.0. The summed E-state index contributed by atoms with van der Waals surface area (Å²) in [6, 6.07) is 10.7. The molecule has 1 atom stereocenters. The van der Waals surface area contributed by atoms with Crippen LogP contribution < -0.4 is 10.1 Å². The molecule has 1 aliphatic heterocycles. The molecule has 1 aliphatic rings. The van der Waals surface area contributed by atoms with Crippen molar-refractivity contribution < 1.29 is 17.9 Å². The van der Waals surface area contributed by atoms with E-state index in [0.29, 0.717) is 35.8 Å². The normalized spacial score (nSPS) is 17.7. The van der Waals surface area contributed by atoms with Crippen LogP contribution in [0.5, 0.6) is 5.75 Å². The number of hydrogen-bond donors (Lipinski definition) is 1. The maximum absolute atomic E-state index is 13.0. The lowest BCUT2D eigenvalue weighted by Crippen LogP contribution is -2.43. The zero-order chi connectivity index (χ0) is 19.6. The molecule has 6 nitrogen and oxygen atoms in total. The smallest absolute Gasteiger partial charge is 0.243 e. The van der Waals surface area contributed by atoms with Crippen LogP contribution in [0.15, 0.2) is 47.4 Å². The van der Waals surface area contributed by atoms with Gasteiger partial charge in [-0.25, -0.2) is 8.42 Å². The molecule has 0 saturated carbocycles. The molecule has 0 aromatic heterocycles. The van der Waals surface area contributed by atoms with E-state index in [4.69, 9.17) is 16.3 Å². The second-order valence-corrected chi connectivity index (χ2v) is 8.75. The Bertz CT molecular complexity index is 945. The molecular weight excluding hydrogens is 388 g/mol. The Hall–Kier alpha value is -2.09. The van der Waals surface area contributed by atoms with E-state index in [1.165, 1.54) is 11.4 Å². The van der Waals surface area contributed by atoms with E-state index in [-0.39, 0.29) is 4.90 Å². The molecule has 3 rings (SSSR count). The van der Waals surface area contributed by atoms with Gasteiger partial charge < -0.3 is 10.1 Å². The number of halogens is 1. The molecule has 1 amide bonds. The zero-order valence-electron chi connectivity index (χ0n) is 15.1. The molecule has 1 N–H and O–H groups in total. The lowest BCUT2D eigenvalue weighted by Gasteiger charge is -2.24. The first-order chi connectivity index (χ1) is 12.8. The van der Waals surface area contributed by atoms with Gasteiger partial charge in [-0.3, -0.25) is 4.79 Å². The van der Waals surface area contributed by atoms with Gasteiger partial charge in [-0.15, -0.1) is 0 Å². The highest BCUT2D eigenvalue weighted by atomic mass is 35.5. The summed E-state index contributed by atoms with van der Waals surface area (Å²) in [6.07, 6.45) is 1.08. The average Bonchev–Trinajstić information content (AvgIpc) is 3.13. The highest BCUT2D eigenvalue weighted by molar-refractivity contribution is 7.89. The molecule has 8 heteroatoms. The van der Waals surface area contributed by atoms with Crippen molar-refractivity contribution in [1.82, 2.24) is 4.31 Å². The van der Waals surface area contributed by atoms with Gasteiger partial charge in [0.2, 0.25) is 15.9 Å². The van der Waals surface area contributed by atoms with E-state index in [9.17, 15) is 13.2 Å². The van der Waals surface area contributed by atoms with Gasteiger partial charge in [-0.05, 0) is 50.1 Å². The molecule has 2 aromatic carbocycles. The number of aryl methyl sites for hydroxylation is 1. The standard InChI is InChI=1S/C19H21ClN2O4S/c1-13-5-8-15(9-6-13)27(24,25)22-11-3-4-17(22)19(23)21-16-12-14(20)7-10-18(16)26-2/h5-10,12,17H,3-4,11H2,1-2H3,(H,21,23). The number of nitrogens with zero attached hydrogens (tertiary/aromatic N) is 1. The van der Waals surface area contributed by atoms with Crippen molar-refractivity contribution in [3.8, 4) is 5.75 Å².